The summed E-state index contributed by atoms with van der Waals surface area (Å²) in [4.78, 5) is 27.4. The van der Waals surface area contributed by atoms with Gasteiger partial charge in [0.05, 0.1) is 10.5 Å². The molecule has 0 N–H and O–H groups in total. The molecule has 0 atom stereocenters. The molecule has 3 rings (SSSR count). The summed E-state index contributed by atoms with van der Waals surface area (Å²) in [6.07, 6.45) is 0. The number of carbonyl (C=O) groups is 2. The molecular formula is C21H21NO2S. The molecule has 0 fully saturated rings. The number of hydrogen-bond acceptors (Lipinski definition) is 3. The molecule has 2 amide bonds. The average Bonchev–Trinajstić information content (AvgIpc) is 2.86. The first-order valence-electron chi connectivity index (χ1n) is 8.37. The second-order valence-electron chi connectivity index (χ2n) is 6.13. The Balaban J connectivity index is 2.00. The van der Waals surface area contributed by atoms with E-state index in [9.17, 15) is 9.59 Å². The van der Waals surface area contributed by atoms with Gasteiger partial charge in [0.25, 0.3) is 11.8 Å². The monoisotopic (exact) mass is 351 g/mol. The summed E-state index contributed by atoms with van der Waals surface area (Å²) in [7, 11) is 0. The van der Waals surface area contributed by atoms with Gasteiger partial charge in [-0.15, -0.1) is 11.8 Å². The van der Waals surface area contributed by atoms with Gasteiger partial charge in [-0.05, 0) is 43.0 Å². The molecule has 2 aromatic rings. The van der Waals surface area contributed by atoms with E-state index in [2.05, 4.69) is 0 Å². The van der Waals surface area contributed by atoms with Gasteiger partial charge >= 0.3 is 0 Å². The van der Waals surface area contributed by atoms with Crippen LogP contribution >= 0.6 is 11.8 Å². The van der Waals surface area contributed by atoms with Crippen LogP contribution < -0.4 is 0 Å². The van der Waals surface area contributed by atoms with Crippen LogP contribution in [0.1, 0.15) is 29.2 Å². The van der Waals surface area contributed by atoms with E-state index in [0.29, 0.717) is 22.8 Å². The SMILES string of the molecule is CCN1C(=O)C(SCc2ccccc2)=C(c2ccc(C)c(C)c2)C1=O. The molecule has 1 aliphatic heterocycles. The molecule has 0 radical (unpaired) electrons. The largest absolute Gasteiger partial charge is 0.274 e. The number of hydrogen-bond donors (Lipinski definition) is 0. The lowest BCUT2D eigenvalue weighted by Crippen LogP contribution is -2.31. The van der Waals surface area contributed by atoms with Gasteiger partial charge in [-0.2, -0.15) is 0 Å². The Morgan fingerprint density at radius 2 is 1.64 bits per heavy atom. The number of thioether (sulfide) groups is 1. The summed E-state index contributed by atoms with van der Waals surface area (Å²) < 4.78 is 0. The first-order valence-corrected chi connectivity index (χ1v) is 9.36. The van der Waals surface area contributed by atoms with Crippen LogP contribution in [0.5, 0.6) is 0 Å². The van der Waals surface area contributed by atoms with Crippen LogP contribution in [0.15, 0.2) is 53.4 Å². The highest BCUT2D eigenvalue weighted by Gasteiger charge is 2.38. The zero-order valence-corrected chi connectivity index (χ0v) is 15.5. The highest BCUT2D eigenvalue weighted by molar-refractivity contribution is 8.03. The van der Waals surface area contributed by atoms with E-state index < -0.39 is 0 Å². The van der Waals surface area contributed by atoms with E-state index in [-0.39, 0.29) is 11.8 Å². The number of imide groups is 1. The molecule has 0 saturated heterocycles. The Kier molecular flexibility index (Phi) is 5.09. The molecule has 0 aliphatic carbocycles. The summed E-state index contributed by atoms with van der Waals surface area (Å²) in [5, 5.41) is 0. The Morgan fingerprint density at radius 3 is 2.28 bits per heavy atom. The second-order valence-corrected chi connectivity index (χ2v) is 7.12. The zero-order chi connectivity index (χ0) is 18.0. The van der Waals surface area contributed by atoms with Crippen LogP contribution in [0, 0.1) is 13.8 Å². The number of likely N-dealkylation sites (N-methyl/N-ethyl adjacent to an activating group) is 1. The number of benzene rings is 2. The Morgan fingerprint density at radius 1 is 0.920 bits per heavy atom. The van der Waals surface area contributed by atoms with Gasteiger partial charge in [0, 0.05) is 12.3 Å². The Bertz CT molecular complexity index is 855. The van der Waals surface area contributed by atoms with Gasteiger partial charge in [0.2, 0.25) is 0 Å². The summed E-state index contributed by atoms with van der Waals surface area (Å²) in [6, 6.07) is 15.9. The molecule has 25 heavy (non-hydrogen) atoms. The number of carbonyl (C=O) groups excluding carboxylic acids is 2. The third-order valence-corrected chi connectivity index (χ3v) is 5.61. The van der Waals surface area contributed by atoms with E-state index in [1.807, 2.05) is 69.3 Å². The number of nitrogens with zero attached hydrogens (tertiary/aromatic N) is 1. The van der Waals surface area contributed by atoms with Crippen LogP contribution in [-0.2, 0) is 15.3 Å². The average molecular weight is 351 g/mol. The second kappa shape index (κ2) is 7.28. The molecule has 1 heterocycles. The standard InChI is InChI=1S/C21H21NO2S/c1-4-22-20(23)18(17-11-10-14(2)15(3)12-17)19(21(22)24)25-13-16-8-6-5-7-9-16/h5-12H,4,13H2,1-3H3. The summed E-state index contributed by atoms with van der Waals surface area (Å²) >= 11 is 1.45. The van der Waals surface area contributed by atoms with Crippen molar-refractivity contribution >= 4 is 29.1 Å². The van der Waals surface area contributed by atoms with E-state index in [4.69, 9.17) is 0 Å². The minimum Gasteiger partial charge on any atom is -0.274 e. The number of aryl methyl sites for hydroxylation is 2. The van der Waals surface area contributed by atoms with Gasteiger partial charge in [-0.3, -0.25) is 14.5 Å². The van der Waals surface area contributed by atoms with Crippen molar-refractivity contribution in [2.75, 3.05) is 6.54 Å². The molecular weight excluding hydrogens is 330 g/mol. The van der Waals surface area contributed by atoms with Crippen molar-refractivity contribution in [3.05, 3.63) is 75.7 Å². The molecule has 0 saturated carbocycles. The minimum atomic E-state index is -0.189. The topological polar surface area (TPSA) is 37.4 Å². The molecule has 0 unspecified atom stereocenters. The van der Waals surface area contributed by atoms with Crippen molar-refractivity contribution in [3.8, 4) is 0 Å². The summed E-state index contributed by atoms with van der Waals surface area (Å²) in [5.41, 5.74) is 4.79. The van der Waals surface area contributed by atoms with Gasteiger partial charge < -0.3 is 0 Å². The predicted molar refractivity (Wildman–Crippen MR) is 103 cm³/mol. The molecule has 128 valence electrons. The lowest BCUT2D eigenvalue weighted by molar-refractivity contribution is -0.136. The first-order chi connectivity index (χ1) is 12.0. The lowest BCUT2D eigenvalue weighted by Gasteiger charge is -2.11. The van der Waals surface area contributed by atoms with Crippen molar-refractivity contribution < 1.29 is 9.59 Å². The minimum absolute atomic E-state index is 0.179. The molecule has 4 heteroatoms. The fourth-order valence-corrected chi connectivity index (χ4v) is 3.94. The molecule has 0 bridgehead atoms. The normalized spacial score (nSPS) is 14.6. The van der Waals surface area contributed by atoms with E-state index >= 15 is 0 Å². The van der Waals surface area contributed by atoms with E-state index in [0.717, 1.165) is 16.7 Å². The first kappa shape index (κ1) is 17.5. The van der Waals surface area contributed by atoms with E-state index in [1.54, 1.807) is 0 Å². The van der Waals surface area contributed by atoms with Gasteiger partial charge in [0.1, 0.15) is 0 Å². The van der Waals surface area contributed by atoms with Crippen molar-refractivity contribution in [2.24, 2.45) is 0 Å². The van der Waals surface area contributed by atoms with Crippen LogP contribution in [0.2, 0.25) is 0 Å². The van der Waals surface area contributed by atoms with Crippen molar-refractivity contribution in [1.82, 2.24) is 4.90 Å². The van der Waals surface area contributed by atoms with Crippen molar-refractivity contribution in [3.63, 3.8) is 0 Å². The summed E-state index contributed by atoms with van der Waals surface area (Å²) in [6.45, 7) is 6.29. The third kappa shape index (κ3) is 3.40. The van der Waals surface area contributed by atoms with Gasteiger partial charge in [-0.1, -0.05) is 48.5 Å². The molecule has 0 spiro atoms. The quantitative estimate of drug-likeness (QED) is 0.752. The van der Waals surface area contributed by atoms with Crippen LogP contribution in [0.4, 0.5) is 0 Å². The van der Waals surface area contributed by atoms with Crippen molar-refractivity contribution in [2.45, 2.75) is 26.5 Å². The highest BCUT2D eigenvalue weighted by Crippen LogP contribution is 2.37. The molecule has 1 aliphatic rings. The zero-order valence-electron chi connectivity index (χ0n) is 14.7. The molecule has 2 aromatic carbocycles. The maximum Gasteiger partial charge on any atom is 0.267 e. The maximum absolute atomic E-state index is 12.8. The lowest BCUT2D eigenvalue weighted by atomic mass is 10.0. The van der Waals surface area contributed by atoms with Gasteiger partial charge in [-0.25, -0.2) is 0 Å². The third-order valence-electron chi connectivity index (χ3n) is 4.46. The number of rotatable bonds is 5. The molecule has 3 nitrogen and oxygen atoms in total. The van der Waals surface area contributed by atoms with Crippen LogP contribution in [-0.4, -0.2) is 23.3 Å². The number of amides is 2. The van der Waals surface area contributed by atoms with Gasteiger partial charge in [0.15, 0.2) is 0 Å². The van der Waals surface area contributed by atoms with Crippen LogP contribution in [0.3, 0.4) is 0 Å². The van der Waals surface area contributed by atoms with E-state index in [1.165, 1.54) is 22.2 Å². The fourth-order valence-electron chi connectivity index (χ4n) is 2.86. The molecule has 0 aromatic heterocycles. The smallest absolute Gasteiger partial charge is 0.267 e. The highest BCUT2D eigenvalue weighted by atomic mass is 32.2. The predicted octanol–water partition coefficient (Wildman–Crippen LogP) is 4.34. The van der Waals surface area contributed by atoms with Crippen molar-refractivity contribution in [1.29, 1.82) is 0 Å². The van der Waals surface area contributed by atoms with Crippen LogP contribution in [0.25, 0.3) is 5.57 Å². The Labute approximate surface area is 152 Å². The fraction of sp³-hybridized carbons (Fsp3) is 0.238. The summed E-state index contributed by atoms with van der Waals surface area (Å²) in [5.74, 6) is 0.300. The Hall–Kier alpha value is -2.33. The maximum atomic E-state index is 12.8.